The molecule has 0 radical (unpaired) electrons. The average Bonchev–Trinajstić information content (AvgIpc) is 2.37. The van der Waals surface area contributed by atoms with Crippen LogP contribution in [0.15, 0.2) is 30.9 Å². The van der Waals surface area contributed by atoms with E-state index in [-0.39, 0.29) is 0 Å². The molecule has 0 saturated carbocycles. The lowest BCUT2D eigenvalue weighted by molar-refractivity contribution is -0.140. The number of carboxylic acid groups (broad SMARTS) is 1. The fourth-order valence-electron chi connectivity index (χ4n) is 1.70. The van der Waals surface area contributed by atoms with Gasteiger partial charge in [0, 0.05) is 18.8 Å². The lowest BCUT2D eigenvalue weighted by Gasteiger charge is -2.25. The zero-order valence-corrected chi connectivity index (χ0v) is 11.9. The Balaban J connectivity index is 2.95. The molecule has 0 spiro atoms. The van der Waals surface area contributed by atoms with Crippen LogP contribution >= 0.6 is 11.6 Å². The summed E-state index contributed by atoms with van der Waals surface area (Å²) < 4.78 is 5.09. The zero-order valence-electron chi connectivity index (χ0n) is 11.1. The van der Waals surface area contributed by atoms with Crippen LogP contribution in [0.3, 0.4) is 0 Å². The van der Waals surface area contributed by atoms with Crippen molar-refractivity contribution in [2.45, 2.75) is 6.92 Å². The zero-order chi connectivity index (χ0) is 14.4. The van der Waals surface area contributed by atoms with Crippen molar-refractivity contribution < 1.29 is 14.6 Å². The first-order valence-corrected chi connectivity index (χ1v) is 6.29. The van der Waals surface area contributed by atoms with Gasteiger partial charge in [0.1, 0.15) is 5.75 Å². The van der Waals surface area contributed by atoms with Crippen LogP contribution in [-0.4, -0.2) is 31.3 Å². The van der Waals surface area contributed by atoms with Gasteiger partial charge < -0.3 is 14.7 Å². The fourth-order valence-corrected chi connectivity index (χ4v) is 1.95. The summed E-state index contributed by atoms with van der Waals surface area (Å²) in [5, 5.41) is 9.48. The number of carboxylic acids is 1. The second-order valence-corrected chi connectivity index (χ2v) is 4.66. The number of methoxy groups -OCH3 is 1. The quantitative estimate of drug-likeness (QED) is 0.782. The predicted octanol–water partition coefficient (Wildman–Crippen LogP) is 3.06. The van der Waals surface area contributed by atoms with E-state index in [1.54, 1.807) is 32.2 Å². The van der Waals surface area contributed by atoms with Crippen LogP contribution < -0.4 is 9.64 Å². The highest BCUT2D eigenvalue weighted by atomic mass is 35.5. The van der Waals surface area contributed by atoms with Crippen molar-refractivity contribution >= 4 is 23.3 Å². The van der Waals surface area contributed by atoms with Crippen molar-refractivity contribution in [1.82, 2.24) is 0 Å². The van der Waals surface area contributed by atoms with Crippen LogP contribution in [0, 0.1) is 5.92 Å². The maximum Gasteiger partial charge on any atom is 0.308 e. The summed E-state index contributed by atoms with van der Waals surface area (Å²) in [5.74, 6) is -0.704. The van der Waals surface area contributed by atoms with Crippen LogP contribution in [0.25, 0.3) is 0 Å². The van der Waals surface area contributed by atoms with Crippen molar-refractivity contribution in [2.24, 2.45) is 5.92 Å². The Hall–Kier alpha value is -1.68. The maximum absolute atomic E-state index is 10.9. The van der Waals surface area contributed by atoms with Crippen molar-refractivity contribution in [2.75, 3.05) is 25.1 Å². The Morgan fingerprint density at radius 3 is 2.79 bits per heavy atom. The largest absolute Gasteiger partial charge is 0.495 e. The number of ether oxygens (including phenoxy) is 1. The van der Waals surface area contributed by atoms with Crippen LogP contribution in [-0.2, 0) is 4.79 Å². The molecule has 1 unspecified atom stereocenters. The lowest BCUT2D eigenvalue weighted by atomic mass is 10.1. The minimum Gasteiger partial charge on any atom is -0.495 e. The summed E-state index contributed by atoms with van der Waals surface area (Å²) in [6, 6.07) is 5.38. The molecule has 0 fully saturated rings. The molecule has 0 amide bonds. The van der Waals surface area contributed by atoms with E-state index in [1.165, 1.54) is 0 Å². The molecule has 0 aliphatic rings. The smallest absolute Gasteiger partial charge is 0.308 e. The highest BCUT2D eigenvalue weighted by Crippen LogP contribution is 2.29. The van der Waals surface area contributed by atoms with Gasteiger partial charge >= 0.3 is 5.97 Å². The van der Waals surface area contributed by atoms with Gasteiger partial charge in [0.05, 0.1) is 18.1 Å². The van der Waals surface area contributed by atoms with Crippen molar-refractivity contribution in [3.05, 3.63) is 35.9 Å². The van der Waals surface area contributed by atoms with Crippen molar-refractivity contribution in [3.63, 3.8) is 0 Å². The summed E-state index contributed by atoms with van der Waals surface area (Å²) in [6.45, 7) is 6.31. The Morgan fingerprint density at radius 1 is 1.63 bits per heavy atom. The third-order valence-corrected chi connectivity index (χ3v) is 3.06. The number of benzene rings is 1. The molecule has 1 aromatic rings. The number of hydrogen-bond acceptors (Lipinski definition) is 3. The highest BCUT2D eigenvalue weighted by molar-refractivity contribution is 6.32. The molecule has 0 aliphatic heterocycles. The SMILES string of the molecule is C=CCN(CC(C)C(=O)O)c1ccc(OC)c(Cl)c1. The van der Waals surface area contributed by atoms with Crippen LogP contribution in [0.2, 0.25) is 5.02 Å². The summed E-state index contributed by atoms with van der Waals surface area (Å²) in [6.07, 6.45) is 1.73. The lowest BCUT2D eigenvalue weighted by Crippen LogP contribution is -2.32. The van der Waals surface area contributed by atoms with Gasteiger partial charge in [0.15, 0.2) is 0 Å². The number of anilines is 1. The Bertz CT molecular complexity index is 462. The maximum atomic E-state index is 10.9. The van der Waals surface area contributed by atoms with E-state index in [4.69, 9.17) is 21.4 Å². The van der Waals surface area contributed by atoms with Crippen LogP contribution in [0.4, 0.5) is 5.69 Å². The van der Waals surface area contributed by atoms with Gasteiger partial charge in [0.25, 0.3) is 0 Å². The van der Waals surface area contributed by atoms with E-state index in [0.29, 0.717) is 23.9 Å². The molecule has 0 heterocycles. The summed E-state index contributed by atoms with van der Waals surface area (Å²) >= 11 is 6.08. The van der Waals surface area contributed by atoms with Gasteiger partial charge in [-0.25, -0.2) is 0 Å². The van der Waals surface area contributed by atoms with E-state index in [2.05, 4.69) is 6.58 Å². The Labute approximate surface area is 118 Å². The molecule has 4 nitrogen and oxygen atoms in total. The summed E-state index contributed by atoms with van der Waals surface area (Å²) in [5.41, 5.74) is 0.846. The second-order valence-electron chi connectivity index (χ2n) is 4.25. The average molecular weight is 284 g/mol. The molecule has 19 heavy (non-hydrogen) atoms. The van der Waals surface area contributed by atoms with Gasteiger partial charge in [-0.2, -0.15) is 0 Å². The first kappa shape index (κ1) is 15.4. The molecule has 1 N–H and O–H groups in total. The molecule has 0 aromatic heterocycles. The first-order valence-electron chi connectivity index (χ1n) is 5.91. The number of rotatable bonds is 7. The summed E-state index contributed by atoms with van der Waals surface area (Å²) in [7, 11) is 1.55. The van der Waals surface area contributed by atoms with Gasteiger partial charge in [-0.15, -0.1) is 6.58 Å². The minimum absolute atomic E-state index is 0.393. The van der Waals surface area contributed by atoms with Crippen molar-refractivity contribution in [3.8, 4) is 5.75 Å². The van der Waals surface area contributed by atoms with Gasteiger partial charge in [-0.1, -0.05) is 24.6 Å². The molecular formula is C14H18ClNO3. The molecule has 1 rings (SSSR count). The van der Waals surface area contributed by atoms with Crippen molar-refractivity contribution in [1.29, 1.82) is 0 Å². The number of hydrogen-bond donors (Lipinski definition) is 1. The highest BCUT2D eigenvalue weighted by Gasteiger charge is 2.16. The molecule has 0 aliphatic carbocycles. The normalized spacial score (nSPS) is 11.7. The standard InChI is InChI=1S/C14H18ClNO3/c1-4-7-16(9-10(2)14(17)18)11-5-6-13(19-3)12(15)8-11/h4-6,8,10H,1,7,9H2,2-3H3,(H,17,18). The topological polar surface area (TPSA) is 49.8 Å². The Kier molecular flexibility index (Phi) is 5.70. The van der Waals surface area contributed by atoms with Crippen LogP contribution in [0.1, 0.15) is 6.92 Å². The van der Waals surface area contributed by atoms with E-state index in [1.807, 2.05) is 11.0 Å². The number of halogens is 1. The van der Waals surface area contributed by atoms with Gasteiger partial charge in [0.2, 0.25) is 0 Å². The number of nitrogens with zero attached hydrogens (tertiary/aromatic N) is 1. The number of aliphatic carboxylic acids is 1. The van der Waals surface area contributed by atoms with E-state index in [0.717, 1.165) is 5.69 Å². The van der Waals surface area contributed by atoms with E-state index >= 15 is 0 Å². The molecular weight excluding hydrogens is 266 g/mol. The molecule has 104 valence electrons. The Morgan fingerprint density at radius 2 is 2.32 bits per heavy atom. The molecule has 0 bridgehead atoms. The second kappa shape index (κ2) is 7.04. The van der Waals surface area contributed by atoms with Gasteiger partial charge in [-0.3, -0.25) is 4.79 Å². The minimum atomic E-state index is -0.825. The summed E-state index contributed by atoms with van der Waals surface area (Å²) in [4.78, 5) is 12.9. The first-order chi connectivity index (χ1) is 8.99. The van der Waals surface area contributed by atoms with E-state index in [9.17, 15) is 4.79 Å². The van der Waals surface area contributed by atoms with E-state index < -0.39 is 11.9 Å². The predicted molar refractivity (Wildman–Crippen MR) is 77.2 cm³/mol. The third kappa shape index (κ3) is 4.17. The van der Waals surface area contributed by atoms with Crippen LogP contribution in [0.5, 0.6) is 5.75 Å². The third-order valence-electron chi connectivity index (χ3n) is 2.77. The molecule has 5 heteroatoms. The van der Waals surface area contributed by atoms with Gasteiger partial charge in [-0.05, 0) is 18.2 Å². The fraction of sp³-hybridized carbons (Fsp3) is 0.357. The monoisotopic (exact) mass is 283 g/mol. The molecule has 1 aromatic carbocycles. The molecule has 0 saturated heterocycles. The molecule has 1 atom stereocenters. The number of carbonyl (C=O) groups is 1.